The molecule has 1 aliphatic heterocycles. The van der Waals surface area contributed by atoms with Crippen molar-refractivity contribution in [2.75, 3.05) is 26.2 Å². The van der Waals surface area contributed by atoms with Gasteiger partial charge in [-0.1, -0.05) is 24.3 Å². The van der Waals surface area contributed by atoms with E-state index in [0.29, 0.717) is 46.6 Å². The lowest BCUT2D eigenvalue weighted by molar-refractivity contribution is -0.274. The van der Waals surface area contributed by atoms with Crippen LogP contribution in [0, 0.1) is 0 Å². The third-order valence-electron chi connectivity index (χ3n) is 6.41. The Labute approximate surface area is 210 Å². The molecule has 37 heavy (non-hydrogen) atoms. The molecular formula is C27H23F3N2O5. The van der Waals surface area contributed by atoms with Crippen LogP contribution in [0.4, 0.5) is 18.9 Å². The quantitative estimate of drug-likeness (QED) is 0.482. The SMILES string of the molecule is CN(C)C(=O)c1cccc(-c2ccc(OC(F)(F)F)c(NC(=O)C3(c4ccc5c(c4)OCO5)CC3)c2)c1. The van der Waals surface area contributed by atoms with Crippen LogP contribution in [0.3, 0.4) is 0 Å². The van der Waals surface area contributed by atoms with E-state index >= 15 is 0 Å². The summed E-state index contributed by atoms with van der Waals surface area (Å²) >= 11 is 0. The molecule has 1 fully saturated rings. The third-order valence-corrected chi connectivity index (χ3v) is 6.41. The first kappa shape index (κ1) is 24.5. The molecule has 0 saturated heterocycles. The number of carbonyl (C=O) groups is 2. The van der Waals surface area contributed by atoms with Crippen LogP contribution in [-0.4, -0.2) is 44.0 Å². The van der Waals surface area contributed by atoms with Crippen LogP contribution in [0.25, 0.3) is 11.1 Å². The summed E-state index contributed by atoms with van der Waals surface area (Å²) in [6, 6.07) is 15.9. The zero-order valence-electron chi connectivity index (χ0n) is 20.0. The first-order chi connectivity index (χ1) is 17.6. The van der Waals surface area contributed by atoms with Gasteiger partial charge < -0.3 is 24.4 Å². The normalized spacial score (nSPS) is 15.2. The highest BCUT2D eigenvalue weighted by Crippen LogP contribution is 2.51. The molecular weight excluding hydrogens is 489 g/mol. The largest absolute Gasteiger partial charge is 0.573 e. The number of ether oxygens (including phenoxy) is 3. The maximum atomic E-state index is 13.4. The van der Waals surface area contributed by atoms with E-state index in [-0.39, 0.29) is 18.4 Å². The summed E-state index contributed by atoms with van der Waals surface area (Å²) in [4.78, 5) is 27.2. The first-order valence-corrected chi connectivity index (χ1v) is 11.5. The predicted octanol–water partition coefficient (Wildman–Crippen LogP) is 5.35. The minimum Gasteiger partial charge on any atom is -0.454 e. The van der Waals surface area contributed by atoms with Crippen molar-refractivity contribution in [3.8, 4) is 28.4 Å². The van der Waals surface area contributed by atoms with Crippen LogP contribution < -0.4 is 19.5 Å². The smallest absolute Gasteiger partial charge is 0.454 e. The van der Waals surface area contributed by atoms with E-state index in [9.17, 15) is 22.8 Å². The molecule has 7 nitrogen and oxygen atoms in total. The molecule has 0 unspecified atom stereocenters. The van der Waals surface area contributed by atoms with Crippen molar-refractivity contribution in [2.24, 2.45) is 0 Å². The predicted molar refractivity (Wildman–Crippen MR) is 129 cm³/mol. The number of amides is 2. The van der Waals surface area contributed by atoms with Gasteiger partial charge in [-0.15, -0.1) is 13.2 Å². The summed E-state index contributed by atoms with van der Waals surface area (Å²) in [6.45, 7) is 0.0876. The van der Waals surface area contributed by atoms with Crippen LogP contribution in [0.1, 0.15) is 28.8 Å². The van der Waals surface area contributed by atoms with Gasteiger partial charge in [-0.25, -0.2) is 0 Å². The fourth-order valence-electron chi connectivity index (χ4n) is 4.32. The van der Waals surface area contributed by atoms with Crippen molar-refractivity contribution in [1.82, 2.24) is 4.90 Å². The summed E-state index contributed by atoms with van der Waals surface area (Å²) in [7, 11) is 3.25. The van der Waals surface area contributed by atoms with E-state index in [1.54, 1.807) is 56.6 Å². The number of nitrogens with zero attached hydrogens (tertiary/aromatic N) is 1. The van der Waals surface area contributed by atoms with Crippen molar-refractivity contribution < 1.29 is 37.0 Å². The first-order valence-electron chi connectivity index (χ1n) is 11.5. The lowest BCUT2D eigenvalue weighted by Gasteiger charge is -2.20. The summed E-state index contributed by atoms with van der Waals surface area (Å²) in [6.07, 6.45) is -3.89. The number of alkyl halides is 3. The molecule has 2 aliphatic rings. The standard InChI is InChI=1S/C27H23F3N2O5/c1-32(2)24(33)18-5-3-4-16(12-18)17-6-8-21(37-27(28,29)30)20(13-17)31-25(34)26(10-11-26)19-7-9-22-23(14-19)36-15-35-22/h3-9,12-14H,10-11,15H2,1-2H3,(H,31,34). The van der Waals surface area contributed by atoms with Gasteiger partial charge in [-0.05, 0) is 65.9 Å². The highest BCUT2D eigenvalue weighted by Gasteiger charge is 2.52. The lowest BCUT2D eigenvalue weighted by Crippen LogP contribution is -2.28. The number of carbonyl (C=O) groups excluding carboxylic acids is 2. The topological polar surface area (TPSA) is 77.1 Å². The van der Waals surface area contributed by atoms with Crippen molar-refractivity contribution in [3.63, 3.8) is 0 Å². The van der Waals surface area contributed by atoms with Crippen molar-refractivity contribution in [1.29, 1.82) is 0 Å². The molecule has 1 heterocycles. The van der Waals surface area contributed by atoms with Crippen LogP contribution in [0.15, 0.2) is 60.7 Å². The van der Waals surface area contributed by atoms with Crippen molar-refractivity contribution >= 4 is 17.5 Å². The molecule has 3 aromatic rings. The van der Waals surface area contributed by atoms with Gasteiger partial charge in [0.25, 0.3) is 5.91 Å². The number of halogens is 3. The molecule has 3 aromatic carbocycles. The fourth-order valence-corrected chi connectivity index (χ4v) is 4.32. The Bertz CT molecular complexity index is 1380. The molecule has 0 atom stereocenters. The van der Waals surface area contributed by atoms with Crippen molar-refractivity contribution in [3.05, 3.63) is 71.8 Å². The third kappa shape index (κ3) is 4.91. The van der Waals surface area contributed by atoms with E-state index in [4.69, 9.17) is 9.47 Å². The van der Waals surface area contributed by atoms with E-state index in [0.717, 1.165) is 6.07 Å². The van der Waals surface area contributed by atoms with Crippen LogP contribution >= 0.6 is 0 Å². The van der Waals surface area contributed by atoms with Gasteiger partial charge in [0.15, 0.2) is 17.2 Å². The molecule has 2 amide bonds. The molecule has 10 heteroatoms. The Balaban J connectivity index is 1.48. The molecule has 0 bridgehead atoms. The number of hydrogen-bond acceptors (Lipinski definition) is 5. The maximum Gasteiger partial charge on any atom is 0.573 e. The highest BCUT2D eigenvalue weighted by molar-refractivity contribution is 6.03. The second kappa shape index (κ2) is 9.02. The fraction of sp³-hybridized carbons (Fsp3) is 0.259. The second-order valence-corrected chi connectivity index (χ2v) is 9.14. The van der Waals surface area contributed by atoms with Gasteiger partial charge in [-0.2, -0.15) is 0 Å². The number of nitrogens with one attached hydrogen (secondary N) is 1. The van der Waals surface area contributed by atoms with Crippen LogP contribution in [0.2, 0.25) is 0 Å². The van der Waals surface area contributed by atoms with E-state index in [1.165, 1.54) is 17.0 Å². The van der Waals surface area contributed by atoms with Crippen LogP contribution in [0.5, 0.6) is 17.2 Å². The van der Waals surface area contributed by atoms with Crippen molar-refractivity contribution in [2.45, 2.75) is 24.6 Å². The average Bonchev–Trinajstić information content (AvgIpc) is 3.54. The summed E-state index contributed by atoms with van der Waals surface area (Å²) in [5.74, 6) is -0.110. The number of benzene rings is 3. The molecule has 5 rings (SSSR count). The minimum absolute atomic E-state index is 0.0876. The van der Waals surface area contributed by atoms with E-state index in [1.807, 2.05) is 0 Å². The zero-order valence-corrected chi connectivity index (χ0v) is 20.0. The van der Waals surface area contributed by atoms with E-state index < -0.39 is 23.4 Å². The Morgan fingerprint density at radius 3 is 2.38 bits per heavy atom. The molecule has 0 spiro atoms. The van der Waals surface area contributed by atoms with Gasteiger partial charge >= 0.3 is 6.36 Å². The molecule has 0 radical (unpaired) electrons. The van der Waals surface area contributed by atoms with Gasteiger partial charge in [0.1, 0.15) is 0 Å². The number of fused-ring (bicyclic) bond motifs is 1. The monoisotopic (exact) mass is 512 g/mol. The Morgan fingerprint density at radius 2 is 1.68 bits per heavy atom. The molecule has 1 saturated carbocycles. The van der Waals surface area contributed by atoms with Gasteiger partial charge in [-0.3, -0.25) is 9.59 Å². The van der Waals surface area contributed by atoms with Gasteiger partial charge in [0.2, 0.25) is 12.7 Å². The summed E-state index contributed by atoms with van der Waals surface area (Å²) in [5.41, 5.74) is 1.19. The Hall–Kier alpha value is -4.21. The number of rotatable bonds is 6. The Kier molecular flexibility index (Phi) is 5.97. The highest BCUT2D eigenvalue weighted by atomic mass is 19.4. The number of anilines is 1. The minimum atomic E-state index is -4.95. The average molecular weight is 512 g/mol. The maximum absolute atomic E-state index is 13.4. The van der Waals surface area contributed by atoms with Gasteiger partial charge in [0, 0.05) is 19.7 Å². The molecule has 1 aliphatic carbocycles. The summed E-state index contributed by atoms with van der Waals surface area (Å²) in [5, 5.41) is 2.66. The number of hydrogen-bond donors (Lipinski definition) is 1. The molecule has 0 aromatic heterocycles. The second-order valence-electron chi connectivity index (χ2n) is 9.14. The van der Waals surface area contributed by atoms with Gasteiger partial charge in [0.05, 0.1) is 11.1 Å². The van der Waals surface area contributed by atoms with E-state index in [2.05, 4.69) is 10.1 Å². The Morgan fingerprint density at radius 1 is 0.946 bits per heavy atom. The molecule has 192 valence electrons. The molecule has 1 N–H and O–H groups in total. The zero-order chi connectivity index (χ0) is 26.4. The summed E-state index contributed by atoms with van der Waals surface area (Å²) < 4.78 is 54.4. The lowest BCUT2D eigenvalue weighted by atomic mass is 9.94. The van der Waals surface area contributed by atoms with Crippen LogP contribution in [-0.2, 0) is 10.2 Å².